The maximum atomic E-state index is 10.9. The van der Waals surface area contributed by atoms with Crippen molar-refractivity contribution in [2.75, 3.05) is 19.3 Å². The van der Waals surface area contributed by atoms with E-state index in [2.05, 4.69) is 18.5 Å². The Morgan fingerprint density at radius 3 is 2.80 bits per heavy atom. The molecule has 0 aromatic heterocycles. The van der Waals surface area contributed by atoms with Gasteiger partial charge in [0.05, 0.1) is 6.54 Å². The van der Waals surface area contributed by atoms with Gasteiger partial charge >= 0.3 is 0 Å². The van der Waals surface area contributed by atoms with Crippen molar-refractivity contribution in [1.29, 1.82) is 0 Å². The van der Waals surface area contributed by atoms with Crippen molar-refractivity contribution in [2.45, 2.75) is 6.42 Å². The lowest BCUT2D eigenvalue weighted by Gasteiger charge is -2.11. The first-order chi connectivity index (χ1) is 4.72. The van der Waals surface area contributed by atoms with Crippen LogP contribution in [-0.4, -0.2) is 30.2 Å². The highest BCUT2D eigenvalue weighted by Gasteiger charge is 2.03. The third kappa shape index (κ3) is 3.41. The molecular formula is C7H11NOS. The maximum absolute atomic E-state index is 10.9. The van der Waals surface area contributed by atoms with Gasteiger partial charge in [-0.1, -0.05) is 5.92 Å². The summed E-state index contributed by atoms with van der Waals surface area (Å²) in [6.45, 7) is 0.382. The second kappa shape index (κ2) is 5.19. The number of amides is 1. The molecule has 0 saturated heterocycles. The summed E-state index contributed by atoms with van der Waals surface area (Å²) >= 11 is 3.92. The molecule has 0 aromatic rings. The Kier molecular flexibility index (Phi) is 4.87. The summed E-state index contributed by atoms with van der Waals surface area (Å²) in [5.74, 6) is 3.01. The maximum Gasteiger partial charge on any atom is 0.223 e. The molecule has 0 fully saturated rings. The highest BCUT2D eigenvalue weighted by atomic mass is 32.1. The van der Waals surface area contributed by atoms with Crippen LogP contribution in [0.25, 0.3) is 0 Å². The zero-order chi connectivity index (χ0) is 7.98. The summed E-state index contributed by atoms with van der Waals surface area (Å²) in [5, 5.41) is 0. The molecule has 0 aliphatic heterocycles. The van der Waals surface area contributed by atoms with E-state index in [1.54, 1.807) is 7.05 Å². The van der Waals surface area contributed by atoms with Crippen molar-refractivity contribution < 1.29 is 4.79 Å². The number of carbonyl (C=O) groups is 1. The number of hydrogen-bond acceptors (Lipinski definition) is 2. The molecule has 3 heteroatoms. The standard InChI is InChI=1S/C7H11NOS/c1-3-5-8(2)7(9)4-6-10/h1,10H,4-6H2,2H3. The fourth-order valence-electron chi connectivity index (χ4n) is 0.512. The first-order valence-corrected chi connectivity index (χ1v) is 3.64. The van der Waals surface area contributed by atoms with Crippen molar-refractivity contribution in [2.24, 2.45) is 0 Å². The Balaban J connectivity index is 3.62. The van der Waals surface area contributed by atoms with Crippen LogP contribution in [0, 0.1) is 12.3 Å². The largest absolute Gasteiger partial charge is 0.335 e. The van der Waals surface area contributed by atoms with E-state index in [9.17, 15) is 4.79 Å². The molecule has 0 aliphatic carbocycles. The smallest absolute Gasteiger partial charge is 0.223 e. The minimum Gasteiger partial charge on any atom is -0.335 e. The fraction of sp³-hybridized carbons (Fsp3) is 0.571. The molecule has 0 radical (unpaired) electrons. The monoisotopic (exact) mass is 157 g/mol. The summed E-state index contributed by atoms with van der Waals surface area (Å²) < 4.78 is 0. The van der Waals surface area contributed by atoms with Crippen LogP contribution in [0.15, 0.2) is 0 Å². The second-order valence-electron chi connectivity index (χ2n) is 1.93. The average molecular weight is 157 g/mol. The Labute approximate surface area is 67.0 Å². The van der Waals surface area contributed by atoms with E-state index in [4.69, 9.17) is 6.42 Å². The minimum absolute atomic E-state index is 0.0490. The average Bonchev–Trinajstić information content (AvgIpc) is 1.89. The number of hydrogen-bond donors (Lipinski definition) is 1. The Bertz CT molecular complexity index is 150. The Morgan fingerprint density at radius 1 is 1.80 bits per heavy atom. The molecule has 0 aliphatic rings. The first-order valence-electron chi connectivity index (χ1n) is 3.00. The Morgan fingerprint density at radius 2 is 2.40 bits per heavy atom. The van der Waals surface area contributed by atoms with E-state index in [0.717, 1.165) is 0 Å². The zero-order valence-corrected chi connectivity index (χ0v) is 6.90. The van der Waals surface area contributed by atoms with Crippen molar-refractivity contribution in [3.63, 3.8) is 0 Å². The van der Waals surface area contributed by atoms with Crippen molar-refractivity contribution in [3.8, 4) is 12.3 Å². The first kappa shape index (κ1) is 9.38. The number of nitrogens with zero attached hydrogens (tertiary/aromatic N) is 1. The van der Waals surface area contributed by atoms with Crippen LogP contribution in [0.1, 0.15) is 6.42 Å². The van der Waals surface area contributed by atoms with Gasteiger partial charge in [0.1, 0.15) is 0 Å². The normalized spacial score (nSPS) is 8.50. The zero-order valence-electron chi connectivity index (χ0n) is 6.00. The number of rotatable bonds is 3. The minimum atomic E-state index is 0.0490. The van der Waals surface area contributed by atoms with Crippen LogP contribution < -0.4 is 0 Å². The quantitative estimate of drug-likeness (QED) is 0.464. The Hall–Kier alpha value is -0.620. The molecule has 0 unspecified atom stereocenters. The molecule has 0 atom stereocenters. The SMILES string of the molecule is C#CCN(C)C(=O)CCS. The van der Waals surface area contributed by atoms with Gasteiger partial charge in [-0.3, -0.25) is 4.79 Å². The molecule has 0 N–H and O–H groups in total. The number of terminal acetylenes is 1. The predicted octanol–water partition coefficient (Wildman–Crippen LogP) is 0.398. The van der Waals surface area contributed by atoms with E-state index in [-0.39, 0.29) is 5.91 Å². The van der Waals surface area contributed by atoms with E-state index in [1.165, 1.54) is 4.90 Å². The summed E-state index contributed by atoms with van der Waals surface area (Å²) in [4.78, 5) is 12.4. The molecule has 0 aromatic carbocycles. The van der Waals surface area contributed by atoms with Crippen LogP contribution in [0.5, 0.6) is 0 Å². The molecule has 0 rings (SSSR count). The van der Waals surface area contributed by atoms with Gasteiger partial charge in [0.25, 0.3) is 0 Å². The van der Waals surface area contributed by atoms with Crippen molar-refractivity contribution in [3.05, 3.63) is 0 Å². The molecule has 0 heterocycles. The van der Waals surface area contributed by atoms with Gasteiger partial charge in [-0.05, 0) is 5.75 Å². The van der Waals surface area contributed by atoms with Crippen molar-refractivity contribution in [1.82, 2.24) is 4.90 Å². The third-order valence-electron chi connectivity index (χ3n) is 1.08. The van der Waals surface area contributed by atoms with E-state index in [0.29, 0.717) is 18.7 Å². The van der Waals surface area contributed by atoms with Gasteiger partial charge < -0.3 is 4.90 Å². The third-order valence-corrected chi connectivity index (χ3v) is 1.30. The van der Waals surface area contributed by atoms with Crippen LogP contribution in [0.4, 0.5) is 0 Å². The molecule has 1 amide bonds. The van der Waals surface area contributed by atoms with Gasteiger partial charge in [-0.2, -0.15) is 12.6 Å². The van der Waals surface area contributed by atoms with Crippen LogP contribution in [0.3, 0.4) is 0 Å². The van der Waals surface area contributed by atoms with E-state index >= 15 is 0 Å². The van der Waals surface area contributed by atoms with Gasteiger partial charge in [0.15, 0.2) is 0 Å². The molecule has 2 nitrogen and oxygen atoms in total. The summed E-state index contributed by atoms with van der Waals surface area (Å²) in [6, 6.07) is 0. The molecule has 0 spiro atoms. The summed E-state index contributed by atoms with van der Waals surface area (Å²) in [5.41, 5.74) is 0. The van der Waals surface area contributed by atoms with E-state index in [1.807, 2.05) is 0 Å². The molecule has 0 saturated carbocycles. The molecular weight excluding hydrogens is 146 g/mol. The lowest BCUT2D eigenvalue weighted by molar-refractivity contribution is -0.128. The van der Waals surface area contributed by atoms with Gasteiger partial charge in [0, 0.05) is 13.5 Å². The van der Waals surface area contributed by atoms with Gasteiger partial charge in [-0.15, -0.1) is 6.42 Å². The summed E-state index contributed by atoms with van der Waals surface area (Å²) in [7, 11) is 1.69. The topological polar surface area (TPSA) is 20.3 Å². The highest BCUT2D eigenvalue weighted by Crippen LogP contribution is 1.90. The molecule has 56 valence electrons. The lowest BCUT2D eigenvalue weighted by atomic mass is 10.4. The van der Waals surface area contributed by atoms with Gasteiger partial charge in [-0.25, -0.2) is 0 Å². The lowest BCUT2D eigenvalue weighted by Crippen LogP contribution is -2.26. The van der Waals surface area contributed by atoms with E-state index < -0.39 is 0 Å². The second-order valence-corrected chi connectivity index (χ2v) is 2.37. The van der Waals surface area contributed by atoms with Crippen LogP contribution in [-0.2, 0) is 4.79 Å². The molecule has 10 heavy (non-hydrogen) atoms. The number of carbonyl (C=O) groups excluding carboxylic acids is 1. The predicted molar refractivity (Wildman–Crippen MR) is 44.9 cm³/mol. The fourth-order valence-corrected chi connectivity index (χ4v) is 0.703. The summed E-state index contributed by atoms with van der Waals surface area (Å²) in [6.07, 6.45) is 5.46. The molecule has 0 bridgehead atoms. The number of thiol groups is 1. The van der Waals surface area contributed by atoms with Crippen molar-refractivity contribution >= 4 is 18.5 Å². The van der Waals surface area contributed by atoms with Crippen LogP contribution in [0.2, 0.25) is 0 Å². The van der Waals surface area contributed by atoms with Crippen LogP contribution >= 0.6 is 12.6 Å². The highest BCUT2D eigenvalue weighted by molar-refractivity contribution is 7.80. The van der Waals surface area contributed by atoms with Gasteiger partial charge in [0.2, 0.25) is 5.91 Å².